The molecule has 1 amide bonds. The van der Waals surface area contributed by atoms with E-state index in [2.05, 4.69) is 17.2 Å². The number of sulfonamides is 1. The Labute approximate surface area is 152 Å². The van der Waals surface area contributed by atoms with Gasteiger partial charge >= 0.3 is 5.97 Å². The van der Waals surface area contributed by atoms with Crippen molar-refractivity contribution in [3.05, 3.63) is 24.3 Å². The summed E-state index contributed by atoms with van der Waals surface area (Å²) < 4.78 is 31.7. The molecule has 1 aliphatic heterocycles. The number of ether oxygens (including phenoxy) is 1. The van der Waals surface area contributed by atoms with Gasteiger partial charge in [-0.1, -0.05) is 12.8 Å². The summed E-state index contributed by atoms with van der Waals surface area (Å²) in [5, 5.41) is 11.8. The van der Waals surface area contributed by atoms with Gasteiger partial charge in [-0.25, -0.2) is 8.42 Å². The minimum atomic E-state index is -4.16. The molecule has 1 fully saturated rings. The first-order valence-electron chi connectivity index (χ1n) is 8.00. The Morgan fingerprint density at radius 3 is 2.58 bits per heavy atom. The van der Waals surface area contributed by atoms with Gasteiger partial charge < -0.3 is 15.2 Å². The van der Waals surface area contributed by atoms with Crippen LogP contribution in [-0.2, 0) is 19.6 Å². The van der Waals surface area contributed by atoms with Crippen molar-refractivity contribution >= 4 is 21.9 Å². The zero-order valence-electron chi connectivity index (χ0n) is 14.4. The fourth-order valence-electron chi connectivity index (χ4n) is 2.58. The number of carboxylic acids is 1. The molecule has 1 aromatic rings. The van der Waals surface area contributed by atoms with Gasteiger partial charge in [0.1, 0.15) is 18.4 Å². The summed E-state index contributed by atoms with van der Waals surface area (Å²) in [6.45, 7) is 3.00. The third-order valence-corrected chi connectivity index (χ3v) is 5.61. The molecule has 0 spiro atoms. The molecule has 2 N–H and O–H groups in total. The number of hydrogen-bond acceptors (Lipinski definition) is 5. The Morgan fingerprint density at radius 1 is 1.35 bits per heavy atom. The summed E-state index contributed by atoms with van der Waals surface area (Å²) in [7, 11) is -4.16. The molecule has 2 unspecified atom stereocenters. The van der Waals surface area contributed by atoms with E-state index in [1.807, 2.05) is 6.92 Å². The van der Waals surface area contributed by atoms with E-state index in [9.17, 15) is 23.1 Å². The maximum atomic E-state index is 12.8. The van der Waals surface area contributed by atoms with Crippen LogP contribution in [0.5, 0.6) is 5.75 Å². The van der Waals surface area contributed by atoms with E-state index >= 15 is 0 Å². The summed E-state index contributed by atoms with van der Waals surface area (Å²) in [5.74, 6) is 4.22. The molecule has 1 heterocycles. The molecular weight excluding hydrogens is 360 g/mol. The number of nitrogens with zero attached hydrogens (tertiary/aromatic N) is 1. The summed E-state index contributed by atoms with van der Waals surface area (Å²) in [6.07, 6.45) is 0.715. The van der Waals surface area contributed by atoms with Crippen LogP contribution in [0.2, 0.25) is 0 Å². The van der Waals surface area contributed by atoms with Gasteiger partial charge in [-0.2, -0.15) is 4.31 Å². The molecule has 26 heavy (non-hydrogen) atoms. The van der Waals surface area contributed by atoms with Crippen molar-refractivity contribution in [1.82, 2.24) is 9.62 Å². The van der Waals surface area contributed by atoms with Crippen molar-refractivity contribution in [3.8, 4) is 17.6 Å². The first kappa shape index (κ1) is 19.8. The maximum Gasteiger partial charge on any atom is 0.324 e. The molecule has 1 aromatic carbocycles. The van der Waals surface area contributed by atoms with Gasteiger partial charge in [0, 0.05) is 6.42 Å². The van der Waals surface area contributed by atoms with Crippen LogP contribution in [0, 0.1) is 11.8 Å². The molecular formula is C17H20N2O6S. The lowest BCUT2D eigenvalue weighted by atomic mass is 10.1. The number of hydrogen-bond donors (Lipinski definition) is 2. The van der Waals surface area contributed by atoms with Crippen molar-refractivity contribution in [1.29, 1.82) is 0 Å². The lowest BCUT2D eigenvalue weighted by Gasteiger charge is -2.36. The second kappa shape index (κ2) is 8.21. The third kappa shape index (κ3) is 4.33. The normalized spacial score (nSPS) is 20.6. The van der Waals surface area contributed by atoms with Crippen LogP contribution in [0.3, 0.4) is 0 Å². The average Bonchev–Trinajstić information content (AvgIpc) is 2.58. The van der Waals surface area contributed by atoms with E-state index in [0.29, 0.717) is 16.5 Å². The van der Waals surface area contributed by atoms with Gasteiger partial charge in [0.25, 0.3) is 0 Å². The molecule has 1 aliphatic rings. The number of benzene rings is 1. The van der Waals surface area contributed by atoms with Crippen LogP contribution in [0.1, 0.15) is 20.3 Å². The highest BCUT2D eigenvalue weighted by Crippen LogP contribution is 2.24. The number of piperazine rings is 1. The van der Waals surface area contributed by atoms with Crippen molar-refractivity contribution < 1.29 is 27.9 Å². The third-order valence-electron chi connectivity index (χ3n) is 3.77. The molecule has 9 heteroatoms. The van der Waals surface area contributed by atoms with Crippen LogP contribution in [0.4, 0.5) is 0 Å². The molecule has 8 nitrogen and oxygen atoms in total. The summed E-state index contributed by atoms with van der Waals surface area (Å²) in [6, 6.07) is 3.33. The first-order chi connectivity index (χ1) is 12.3. The standard InChI is InChI=1S/C17H20N2O6S/c1-3-4-5-10-25-13-6-8-14(9-7-13)26(23,24)19-11-15(20)18-12(2)16(19)17(21)22/h6-9,12,16H,3,10-11H2,1-2H3,(H,18,20)(H,21,22). The minimum Gasteiger partial charge on any atom is -0.481 e. The topological polar surface area (TPSA) is 113 Å². The largest absolute Gasteiger partial charge is 0.481 e. The second-order valence-corrected chi connectivity index (χ2v) is 7.55. The molecule has 140 valence electrons. The Balaban J connectivity index is 2.25. The quantitative estimate of drug-likeness (QED) is 0.717. The minimum absolute atomic E-state index is 0.113. The number of aliphatic carboxylic acids is 1. The van der Waals surface area contributed by atoms with Crippen LogP contribution in [0.25, 0.3) is 0 Å². The van der Waals surface area contributed by atoms with E-state index < -0.39 is 40.5 Å². The van der Waals surface area contributed by atoms with Crippen LogP contribution in [0.15, 0.2) is 29.2 Å². The molecule has 0 aliphatic carbocycles. The summed E-state index contributed by atoms with van der Waals surface area (Å²) >= 11 is 0. The molecule has 0 radical (unpaired) electrons. The molecule has 2 atom stereocenters. The molecule has 1 saturated heterocycles. The van der Waals surface area contributed by atoms with Gasteiger partial charge in [-0.05, 0) is 31.2 Å². The van der Waals surface area contributed by atoms with Crippen LogP contribution >= 0.6 is 0 Å². The highest BCUT2D eigenvalue weighted by molar-refractivity contribution is 7.89. The predicted octanol–water partition coefficient (Wildman–Crippen LogP) is 0.441. The lowest BCUT2D eigenvalue weighted by Crippen LogP contribution is -2.63. The summed E-state index contributed by atoms with van der Waals surface area (Å²) in [4.78, 5) is 23.1. The number of carbonyl (C=O) groups is 2. The SMILES string of the molecule is CCC#CCOc1ccc(S(=O)(=O)N2CC(=O)NC(C)C2C(=O)O)cc1. The molecule has 0 aromatic heterocycles. The van der Waals surface area contributed by atoms with Crippen molar-refractivity contribution in [2.75, 3.05) is 13.2 Å². The van der Waals surface area contributed by atoms with E-state index in [0.717, 1.165) is 0 Å². The molecule has 2 rings (SSSR count). The zero-order chi connectivity index (χ0) is 19.3. The monoisotopic (exact) mass is 380 g/mol. The van der Waals surface area contributed by atoms with E-state index in [4.69, 9.17) is 4.74 Å². The van der Waals surface area contributed by atoms with Gasteiger partial charge in [-0.3, -0.25) is 9.59 Å². The van der Waals surface area contributed by atoms with E-state index in [1.54, 1.807) is 0 Å². The van der Waals surface area contributed by atoms with Crippen molar-refractivity contribution in [2.45, 2.75) is 37.2 Å². The smallest absolute Gasteiger partial charge is 0.324 e. The maximum absolute atomic E-state index is 12.8. The van der Waals surface area contributed by atoms with Gasteiger partial charge in [0.05, 0.1) is 17.5 Å². The Kier molecular flexibility index (Phi) is 6.23. The van der Waals surface area contributed by atoms with E-state index in [1.165, 1.54) is 31.2 Å². The number of rotatable bonds is 5. The van der Waals surface area contributed by atoms with Crippen molar-refractivity contribution in [3.63, 3.8) is 0 Å². The van der Waals surface area contributed by atoms with Crippen molar-refractivity contribution in [2.24, 2.45) is 0 Å². The number of carboxylic acid groups (broad SMARTS) is 1. The second-order valence-electron chi connectivity index (χ2n) is 5.66. The van der Waals surface area contributed by atoms with Gasteiger partial charge in [0.2, 0.25) is 15.9 Å². The Bertz CT molecular complexity index is 838. The number of carbonyl (C=O) groups excluding carboxylic acids is 1. The molecule has 0 saturated carbocycles. The van der Waals surface area contributed by atoms with Gasteiger partial charge in [0.15, 0.2) is 0 Å². The summed E-state index contributed by atoms with van der Waals surface area (Å²) in [5.41, 5.74) is 0. The average molecular weight is 380 g/mol. The zero-order valence-corrected chi connectivity index (χ0v) is 15.2. The molecule has 0 bridgehead atoms. The van der Waals surface area contributed by atoms with Gasteiger partial charge in [-0.15, -0.1) is 5.92 Å². The number of amides is 1. The fraction of sp³-hybridized carbons (Fsp3) is 0.412. The van der Waals surface area contributed by atoms with Crippen LogP contribution < -0.4 is 10.1 Å². The Hall–Kier alpha value is -2.57. The highest BCUT2D eigenvalue weighted by atomic mass is 32.2. The number of nitrogens with one attached hydrogen (secondary N) is 1. The fourth-order valence-corrected chi connectivity index (χ4v) is 4.19. The van der Waals surface area contributed by atoms with Crippen LogP contribution in [-0.4, -0.2) is 54.9 Å². The predicted molar refractivity (Wildman–Crippen MR) is 92.9 cm³/mol. The lowest BCUT2D eigenvalue weighted by molar-refractivity contribution is -0.144. The highest BCUT2D eigenvalue weighted by Gasteiger charge is 2.44. The van der Waals surface area contributed by atoms with E-state index in [-0.39, 0.29) is 11.5 Å². The Morgan fingerprint density at radius 2 is 2.00 bits per heavy atom. The first-order valence-corrected chi connectivity index (χ1v) is 9.44.